The van der Waals surface area contributed by atoms with Crippen molar-refractivity contribution in [3.8, 4) is 5.75 Å². The van der Waals surface area contributed by atoms with Gasteiger partial charge in [0.15, 0.2) is 0 Å². The molecule has 2 rings (SSSR count). The summed E-state index contributed by atoms with van der Waals surface area (Å²) in [6, 6.07) is 13.4. The Morgan fingerprint density at radius 2 is 1.29 bits per heavy atom. The van der Waals surface area contributed by atoms with Crippen LogP contribution in [-0.4, -0.2) is 18.9 Å². The lowest BCUT2D eigenvalue weighted by molar-refractivity contribution is 0.0846. The Morgan fingerprint density at radius 3 is 1.71 bits per heavy atom. The number of methoxy groups -OCH3 is 1. The molecule has 2 aromatic carbocycles. The van der Waals surface area contributed by atoms with Crippen LogP contribution in [0.2, 0.25) is 0 Å². The third kappa shape index (κ3) is 4.06. The molecule has 0 radical (unpaired) electrons. The van der Waals surface area contributed by atoms with Crippen molar-refractivity contribution < 1.29 is 14.3 Å². The molecule has 2 aromatic rings. The largest absolute Gasteiger partial charge is 0.497 e. The van der Waals surface area contributed by atoms with E-state index in [1.165, 1.54) is 0 Å². The molecule has 0 aliphatic heterocycles. The van der Waals surface area contributed by atoms with Crippen LogP contribution in [0.1, 0.15) is 20.7 Å². The van der Waals surface area contributed by atoms with Crippen molar-refractivity contribution in [2.45, 2.75) is 0 Å². The zero-order chi connectivity index (χ0) is 15.2. The van der Waals surface area contributed by atoms with Crippen LogP contribution in [0.3, 0.4) is 0 Å². The minimum atomic E-state index is -0.400. The molecule has 21 heavy (non-hydrogen) atoms. The van der Waals surface area contributed by atoms with Gasteiger partial charge in [-0.1, -0.05) is 15.9 Å². The van der Waals surface area contributed by atoms with Gasteiger partial charge in [-0.15, -0.1) is 0 Å². The van der Waals surface area contributed by atoms with Crippen LogP contribution in [-0.2, 0) is 0 Å². The molecule has 0 heterocycles. The number of halogens is 1. The minimum absolute atomic E-state index is 0.385. The second kappa shape index (κ2) is 6.90. The molecular weight excluding hydrogens is 336 g/mol. The van der Waals surface area contributed by atoms with Crippen LogP contribution >= 0.6 is 15.9 Å². The van der Waals surface area contributed by atoms with E-state index in [0.29, 0.717) is 16.9 Å². The highest BCUT2D eigenvalue weighted by atomic mass is 79.9. The lowest BCUT2D eigenvalue weighted by Gasteiger charge is -2.08. The molecule has 0 aliphatic carbocycles. The smallest absolute Gasteiger partial charge is 0.269 e. The summed E-state index contributed by atoms with van der Waals surface area (Å²) in [5, 5.41) is 0. The molecule has 2 N–H and O–H groups in total. The van der Waals surface area contributed by atoms with E-state index < -0.39 is 5.91 Å². The summed E-state index contributed by atoms with van der Waals surface area (Å²) < 4.78 is 5.89. The predicted molar refractivity (Wildman–Crippen MR) is 82.1 cm³/mol. The van der Waals surface area contributed by atoms with Crippen LogP contribution in [0, 0.1) is 0 Å². The number of amides is 2. The summed E-state index contributed by atoms with van der Waals surface area (Å²) in [6.07, 6.45) is 0. The topological polar surface area (TPSA) is 67.4 Å². The molecule has 108 valence electrons. The van der Waals surface area contributed by atoms with Gasteiger partial charge in [0.05, 0.1) is 7.11 Å². The molecule has 0 spiro atoms. The van der Waals surface area contributed by atoms with E-state index in [0.717, 1.165) is 4.47 Å². The van der Waals surface area contributed by atoms with Gasteiger partial charge < -0.3 is 4.74 Å². The van der Waals surface area contributed by atoms with Crippen LogP contribution < -0.4 is 15.6 Å². The number of hydrazine groups is 1. The van der Waals surface area contributed by atoms with Gasteiger partial charge in [-0.05, 0) is 48.5 Å². The first-order valence-corrected chi connectivity index (χ1v) is 6.90. The number of hydrogen-bond acceptors (Lipinski definition) is 3. The quantitative estimate of drug-likeness (QED) is 0.837. The normalized spacial score (nSPS) is 9.81. The fraction of sp³-hybridized carbons (Fsp3) is 0.0667. The minimum Gasteiger partial charge on any atom is -0.497 e. The van der Waals surface area contributed by atoms with E-state index in [9.17, 15) is 9.59 Å². The van der Waals surface area contributed by atoms with Crippen molar-refractivity contribution in [2.75, 3.05) is 7.11 Å². The summed E-state index contributed by atoms with van der Waals surface area (Å²) >= 11 is 3.29. The van der Waals surface area contributed by atoms with Gasteiger partial charge in [-0.3, -0.25) is 20.4 Å². The first-order valence-electron chi connectivity index (χ1n) is 6.10. The molecular formula is C15H13BrN2O3. The van der Waals surface area contributed by atoms with E-state index >= 15 is 0 Å². The lowest BCUT2D eigenvalue weighted by atomic mass is 10.2. The Kier molecular flexibility index (Phi) is 4.94. The number of ether oxygens (including phenoxy) is 1. The standard InChI is InChI=1S/C15H13BrN2O3/c1-21-13-8-4-11(5-9-13)15(20)18-17-14(19)10-2-6-12(16)7-3-10/h2-9H,1H3,(H,17,19)(H,18,20). The van der Waals surface area contributed by atoms with Crippen molar-refractivity contribution in [2.24, 2.45) is 0 Å². The van der Waals surface area contributed by atoms with Crippen LogP contribution in [0.15, 0.2) is 53.0 Å². The van der Waals surface area contributed by atoms with Gasteiger partial charge in [-0.2, -0.15) is 0 Å². The lowest BCUT2D eigenvalue weighted by Crippen LogP contribution is -2.41. The zero-order valence-electron chi connectivity index (χ0n) is 11.2. The Morgan fingerprint density at radius 1 is 0.857 bits per heavy atom. The molecule has 0 saturated carbocycles. The third-order valence-electron chi connectivity index (χ3n) is 2.75. The second-order valence-corrected chi connectivity index (χ2v) is 5.06. The summed E-state index contributed by atoms with van der Waals surface area (Å²) in [4.78, 5) is 23.7. The molecule has 6 heteroatoms. The third-order valence-corrected chi connectivity index (χ3v) is 3.28. The average Bonchev–Trinajstić information content (AvgIpc) is 2.53. The molecule has 0 aromatic heterocycles. The van der Waals surface area contributed by atoms with E-state index in [4.69, 9.17) is 4.74 Å². The number of rotatable bonds is 3. The molecule has 5 nitrogen and oxygen atoms in total. The van der Waals surface area contributed by atoms with Gasteiger partial charge >= 0.3 is 0 Å². The van der Waals surface area contributed by atoms with Crippen LogP contribution in [0.4, 0.5) is 0 Å². The van der Waals surface area contributed by atoms with E-state index in [1.807, 2.05) is 0 Å². The second-order valence-electron chi connectivity index (χ2n) is 4.14. The molecule has 0 saturated heterocycles. The number of nitrogens with one attached hydrogen (secondary N) is 2. The van der Waals surface area contributed by atoms with Gasteiger partial charge in [0, 0.05) is 15.6 Å². The molecule has 0 atom stereocenters. The van der Waals surface area contributed by atoms with Crippen molar-refractivity contribution in [3.63, 3.8) is 0 Å². The average molecular weight is 349 g/mol. The van der Waals surface area contributed by atoms with Gasteiger partial charge in [0.1, 0.15) is 5.75 Å². The van der Waals surface area contributed by atoms with Gasteiger partial charge in [0.25, 0.3) is 11.8 Å². The molecule has 0 aliphatic rings. The molecule has 0 unspecified atom stereocenters. The highest BCUT2D eigenvalue weighted by Gasteiger charge is 2.09. The fourth-order valence-electron chi connectivity index (χ4n) is 1.60. The van der Waals surface area contributed by atoms with Crippen LogP contribution in [0.5, 0.6) is 5.75 Å². The number of carbonyl (C=O) groups is 2. The summed E-state index contributed by atoms with van der Waals surface area (Å²) in [5.74, 6) is -0.127. The van der Waals surface area contributed by atoms with Crippen molar-refractivity contribution >= 4 is 27.7 Å². The van der Waals surface area contributed by atoms with E-state index in [1.54, 1.807) is 55.6 Å². The Bertz CT molecular complexity index is 639. The molecule has 0 fully saturated rings. The summed E-state index contributed by atoms with van der Waals surface area (Å²) in [5.41, 5.74) is 5.59. The predicted octanol–water partition coefficient (Wildman–Crippen LogP) is 2.53. The van der Waals surface area contributed by atoms with Gasteiger partial charge in [0.2, 0.25) is 0 Å². The summed E-state index contributed by atoms with van der Waals surface area (Å²) in [7, 11) is 1.55. The highest BCUT2D eigenvalue weighted by Crippen LogP contribution is 2.11. The Labute approximate surface area is 130 Å². The monoisotopic (exact) mass is 348 g/mol. The van der Waals surface area contributed by atoms with Crippen molar-refractivity contribution in [1.82, 2.24) is 10.9 Å². The van der Waals surface area contributed by atoms with Crippen molar-refractivity contribution in [3.05, 3.63) is 64.1 Å². The van der Waals surface area contributed by atoms with E-state index in [2.05, 4.69) is 26.8 Å². The highest BCUT2D eigenvalue weighted by molar-refractivity contribution is 9.10. The maximum absolute atomic E-state index is 11.9. The maximum atomic E-state index is 11.9. The number of benzene rings is 2. The molecule has 0 bridgehead atoms. The number of carbonyl (C=O) groups excluding carboxylic acids is 2. The van der Waals surface area contributed by atoms with Crippen molar-refractivity contribution in [1.29, 1.82) is 0 Å². The molecule has 2 amide bonds. The van der Waals surface area contributed by atoms with E-state index in [-0.39, 0.29) is 5.91 Å². The Balaban J connectivity index is 1.93. The number of hydrogen-bond donors (Lipinski definition) is 2. The fourth-order valence-corrected chi connectivity index (χ4v) is 1.87. The maximum Gasteiger partial charge on any atom is 0.269 e. The Hall–Kier alpha value is -2.34. The first-order chi connectivity index (χ1) is 10.1. The zero-order valence-corrected chi connectivity index (χ0v) is 12.8. The SMILES string of the molecule is COc1ccc(C(=O)NNC(=O)c2ccc(Br)cc2)cc1. The first kappa shape index (κ1) is 15.1. The van der Waals surface area contributed by atoms with Gasteiger partial charge in [-0.25, -0.2) is 0 Å². The van der Waals surface area contributed by atoms with Crippen LogP contribution in [0.25, 0.3) is 0 Å². The summed E-state index contributed by atoms with van der Waals surface area (Å²) in [6.45, 7) is 0.